The van der Waals surface area contributed by atoms with Gasteiger partial charge in [-0.1, -0.05) is 24.6 Å². The van der Waals surface area contributed by atoms with E-state index in [2.05, 4.69) is 27.1 Å². The Morgan fingerprint density at radius 2 is 2.08 bits per heavy atom. The van der Waals surface area contributed by atoms with Crippen molar-refractivity contribution in [2.24, 2.45) is 0 Å². The predicted molar refractivity (Wildman–Crippen MR) is 106 cm³/mol. The van der Waals surface area contributed by atoms with Gasteiger partial charge in [-0.25, -0.2) is 9.97 Å². The lowest BCUT2D eigenvalue weighted by Crippen LogP contribution is -2.40. The van der Waals surface area contributed by atoms with Crippen molar-refractivity contribution in [1.29, 1.82) is 0 Å². The van der Waals surface area contributed by atoms with Crippen LogP contribution in [0.15, 0.2) is 24.3 Å². The third-order valence-corrected chi connectivity index (χ3v) is 5.11. The Labute approximate surface area is 159 Å². The van der Waals surface area contributed by atoms with E-state index in [0.717, 1.165) is 37.1 Å². The summed E-state index contributed by atoms with van der Waals surface area (Å²) >= 11 is 6.05. The van der Waals surface area contributed by atoms with Gasteiger partial charge in [-0.05, 0) is 63.3 Å². The lowest BCUT2D eigenvalue weighted by Gasteiger charge is -2.35. The Morgan fingerprint density at radius 1 is 1.27 bits per heavy atom. The number of hydrogen-bond acceptors (Lipinski definition) is 4. The van der Waals surface area contributed by atoms with Crippen LogP contribution in [0.5, 0.6) is 0 Å². The Hall–Kier alpha value is -2.14. The third kappa shape index (κ3) is 4.15. The molecule has 1 N–H and O–H groups in total. The molecule has 2 aromatic rings. The molecule has 3 rings (SSSR count). The third-order valence-electron chi connectivity index (χ3n) is 4.88. The number of nitrogens with zero attached hydrogens (tertiary/aromatic N) is 3. The lowest BCUT2D eigenvalue weighted by molar-refractivity contribution is 0.102. The highest BCUT2D eigenvalue weighted by atomic mass is 35.5. The van der Waals surface area contributed by atoms with Crippen molar-refractivity contribution in [3.8, 4) is 0 Å². The van der Waals surface area contributed by atoms with E-state index in [1.165, 1.54) is 6.42 Å². The fraction of sp³-hybridized carbons (Fsp3) is 0.450. The Kier molecular flexibility index (Phi) is 5.77. The summed E-state index contributed by atoms with van der Waals surface area (Å²) in [6, 6.07) is 7.61. The summed E-state index contributed by atoms with van der Waals surface area (Å²) in [7, 11) is 0. The van der Waals surface area contributed by atoms with Crippen molar-refractivity contribution in [2.75, 3.05) is 16.8 Å². The van der Waals surface area contributed by atoms with Crippen molar-refractivity contribution in [3.63, 3.8) is 0 Å². The zero-order valence-electron chi connectivity index (χ0n) is 15.6. The second-order valence-electron chi connectivity index (χ2n) is 6.86. The van der Waals surface area contributed by atoms with E-state index in [1.807, 2.05) is 19.9 Å². The van der Waals surface area contributed by atoms with Crippen LogP contribution in [0.25, 0.3) is 0 Å². The first-order valence-corrected chi connectivity index (χ1v) is 9.55. The normalized spacial score (nSPS) is 17.2. The molecular formula is C20H25ClN4O. The monoisotopic (exact) mass is 372 g/mol. The van der Waals surface area contributed by atoms with E-state index < -0.39 is 0 Å². The molecule has 1 aliphatic rings. The molecule has 0 radical (unpaired) electrons. The lowest BCUT2D eigenvalue weighted by atomic mass is 10.0. The van der Waals surface area contributed by atoms with Crippen molar-refractivity contribution in [1.82, 2.24) is 9.97 Å². The Balaban J connectivity index is 1.87. The minimum atomic E-state index is -0.243. The molecule has 1 fully saturated rings. The highest BCUT2D eigenvalue weighted by Crippen LogP contribution is 2.25. The van der Waals surface area contributed by atoms with Crippen LogP contribution in [0.3, 0.4) is 0 Å². The molecule has 1 saturated heterocycles. The number of benzene rings is 1. The zero-order valence-corrected chi connectivity index (χ0v) is 16.3. The van der Waals surface area contributed by atoms with Crippen LogP contribution in [0.1, 0.15) is 54.4 Å². The van der Waals surface area contributed by atoms with Crippen LogP contribution >= 0.6 is 11.6 Å². The number of halogens is 1. The topological polar surface area (TPSA) is 58.1 Å². The number of carbonyl (C=O) groups excluding carboxylic acids is 1. The van der Waals surface area contributed by atoms with E-state index in [4.69, 9.17) is 11.6 Å². The maximum atomic E-state index is 12.8. The molecule has 1 unspecified atom stereocenters. The first-order valence-electron chi connectivity index (χ1n) is 9.17. The largest absolute Gasteiger partial charge is 0.338 e. The molecule has 0 bridgehead atoms. The van der Waals surface area contributed by atoms with Gasteiger partial charge in [-0.15, -0.1) is 0 Å². The molecule has 2 heterocycles. The molecule has 26 heavy (non-hydrogen) atoms. The molecule has 5 nitrogen and oxygen atoms in total. The van der Waals surface area contributed by atoms with Gasteiger partial charge in [0.15, 0.2) is 0 Å². The predicted octanol–water partition coefficient (Wildman–Crippen LogP) is 4.77. The van der Waals surface area contributed by atoms with Gasteiger partial charge in [0.1, 0.15) is 5.69 Å². The van der Waals surface area contributed by atoms with Gasteiger partial charge in [-0.3, -0.25) is 4.79 Å². The Morgan fingerprint density at radius 3 is 2.85 bits per heavy atom. The first-order chi connectivity index (χ1) is 12.5. The van der Waals surface area contributed by atoms with Gasteiger partial charge in [0.25, 0.3) is 5.91 Å². The van der Waals surface area contributed by atoms with Crippen LogP contribution in [0.4, 0.5) is 11.6 Å². The van der Waals surface area contributed by atoms with Gasteiger partial charge in [0.2, 0.25) is 5.95 Å². The summed E-state index contributed by atoms with van der Waals surface area (Å²) in [4.78, 5) is 24.2. The molecule has 0 spiro atoms. The number of piperidine rings is 1. The van der Waals surface area contributed by atoms with Gasteiger partial charge >= 0.3 is 0 Å². The number of nitrogens with one attached hydrogen (secondary N) is 1. The molecule has 1 atom stereocenters. The molecule has 0 aliphatic carbocycles. The number of rotatable bonds is 4. The van der Waals surface area contributed by atoms with Crippen LogP contribution in [0.2, 0.25) is 5.02 Å². The number of aromatic nitrogens is 2. The van der Waals surface area contributed by atoms with Gasteiger partial charge in [0, 0.05) is 29.0 Å². The van der Waals surface area contributed by atoms with Crippen LogP contribution in [-0.2, 0) is 0 Å². The minimum absolute atomic E-state index is 0.243. The molecule has 1 aromatic heterocycles. The van der Waals surface area contributed by atoms with Gasteiger partial charge < -0.3 is 10.2 Å². The first kappa shape index (κ1) is 18.6. The Bertz CT molecular complexity index is 808. The van der Waals surface area contributed by atoms with Gasteiger partial charge in [0.05, 0.1) is 0 Å². The van der Waals surface area contributed by atoms with Crippen molar-refractivity contribution in [3.05, 3.63) is 46.2 Å². The molecule has 0 saturated carbocycles. The number of amides is 1. The average molecular weight is 373 g/mol. The van der Waals surface area contributed by atoms with E-state index in [0.29, 0.717) is 28.4 Å². The number of hydrogen-bond donors (Lipinski definition) is 1. The fourth-order valence-corrected chi connectivity index (χ4v) is 3.57. The number of carbonyl (C=O) groups is 1. The molecule has 1 aromatic carbocycles. The smallest absolute Gasteiger partial charge is 0.274 e. The standard InChI is InChI=1S/C20H25ClN4O/c1-4-16-7-5-6-10-25(16)20-22-14(3)11-18(24-20)19(26)23-17-12-15(21)9-8-13(17)2/h8-9,11-12,16H,4-7,10H2,1-3H3,(H,23,26). The SMILES string of the molecule is CCC1CCCCN1c1nc(C)cc(C(=O)Nc2cc(Cl)ccc2C)n1. The molecule has 138 valence electrons. The van der Waals surface area contributed by atoms with Crippen LogP contribution in [0, 0.1) is 13.8 Å². The summed E-state index contributed by atoms with van der Waals surface area (Å²) < 4.78 is 0. The van der Waals surface area contributed by atoms with Crippen LogP contribution in [-0.4, -0.2) is 28.5 Å². The second kappa shape index (κ2) is 8.04. The second-order valence-corrected chi connectivity index (χ2v) is 7.30. The summed E-state index contributed by atoms with van der Waals surface area (Å²) in [6.45, 7) is 6.96. The number of anilines is 2. The molecular weight excluding hydrogens is 348 g/mol. The van der Waals surface area contributed by atoms with E-state index in [-0.39, 0.29) is 5.91 Å². The zero-order chi connectivity index (χ0) is 18.7. The van der Waals surface area contributed by atoms with Crippen LogP contribution < -0.4 is 10.2 Å². The van der Waals surface area contributed by atoms with Crippen molar-refractivity contribution >= 4 is 29.1 Å². The maximum Gasteiger partial charge on any atom is 0.274 e. The van der Waals surface area contributed by atoms with Crippen molar-refractivity contribution < 1.29 is 4.79 Å². The summed E-state index contributed by atoms with van der Waals surface area (Å²) in [5.74, 6) is 0.414. The highest BCUT2D eigenvalue weighted by Gasteiger charge is 2.24. The maximum absolute atomic E-state index is 12.8. The minimum Gasteiger partial charge on any atom is -0.338 e. The summed E-state index contributed by atoms with van der Waals surface area (Å²) in [6.07, 6.45) is 4.58. The number of aryl methyl sites for hydroxylation is 2. The molecule has 6 heteroatoms. The van der Waals surface area contributed by atoms with E-state index >= 15 is 0 Å². The van der Waals surface area contributed by atoms with E-state index in [1.54, 1.807) is 18.2 Å². The molecule has 1 aliphatic heterocycles. The van der Waals surface area contributed by atoms with Gasteiger partial charge in [-0.2, -0.15) is 0 Å². The van der Waals surface area contributed by atoms with Crippen molar-refractivity contribution in [2.45, 2.75) is 52.5 Å². The summed E-state index contributed by atoms with van der Waals surface area (Å²) in [5.41, 5.74) is 2.83. The molecule has 1 amide bonds. The fourth-order valence-electron chi connectivity index (χ4n) is 3.40. The quantitative estimate of drug-likeness (QED) is 0.839. The highest BCUT2D eigenvalue weighted by molar-refractivity contribution is 6.31. The summed E-state index contributed by atoms with van der Waals surface area (Å²) in [5, 5.41) is 3.51. The average Bonchev–Trinajstić information content (AvgIpc) is 2.64. The van der Waals surface area contributed by atoms with E-state index in [9.17, 15) is 4.79 Å².